The highest BCUT2D eigenvalue weighted by Crippen LogP contribution is 2.24. The Morgan fingerprint density at radius 3 is 2.31 bits per heavy atom. The third-order valence-corrected chi connectivity index (χ3v) is 9.29. The molecule has 17 nitrogen and oxygen atoms in total. The number of piperazine rings is 1. The average molecular weight is 762 g/mol. The highest BCUT2D eigenvalue weighted by Gasteiger charge is 2.36. The zero-order valence-electron chi connectivity index (χ0n) is 30.2. The summed E-state index contributed by atoms with van der Waals surface area (Å²) in [6.45, 7) is 3.86. The summed E-state index contributed by atoms with van der Waals surface area (Å²) in [5.74, 6) is -5.21. The van der Waals surface area contributed by atoms with Crippen LogP contribution in [-0.2, 0) is 33.5 Å². The number of carbonyl (C=O) groups excluding carboxylic acids is 6. The van der Waals surface area contributed by atoms with Crippen molar-refractivity contribution in [3.05, 3.63) is 41.6 Å². The SMILES string of the molecule is CCOC(=O)CC[C@H](NC(=O)c1cc(OCC(=O)N2CCC[C@H]2C(=O)NC2CCC2)n(-c2ccc(F)c(F)c2)n1)C(=O)N1CCN(OC(=O)OCC)CC1. The van der Waals surface area contributed by atoms with Gasteiger partial charge in [-0.2, -0.15) is 5.10 Å². The number of nitrogens with zero attached hydrogens (tertiary/aromatic N) is 5. The third kappa shape index (κ3) is 10.2. The van der Waals surface area contributed by atoms with E-state index in [0.717, 1.165) is 36.1 Å². The Kier molecular flexibility index (Phi) is 13.7. The van der Waals surface area contributed by atoms with Gasteiger partial charge in [0.05, 0.1) is 32.0 Å². The van der Waals surface area contributed by atoms with Crippen LogP contribution in [0.15, 0.2) is 24.3 Å². The molecule has 2 N–H and O–H groups in total. The van der Waals surface area contributed by atoms with Gasteiger partial charge in [0, 0.05) is 44.2 Å². The highest BCUT2D eigenvalue weighted by molar-refractivity contribution is 5.96. The molecule has 19 heteroatoms. The van der Waals surface area contributed by atoms with Gasteiger partial charge in [-0.3, -0.25) is 24.0 Å². The van der Waals surface area contributed by atoms with Crippen molar-refractivity contribution < 1.29 is 56.6 Å². The van der Waals surface area contributed by atoms with Gasteiger partial charge in [0.2, 0.25) is 17.7 Å². The van der Waals surface area contributed by atoms with Crippen molar-refractivity contribution in [2.45, 2.75) is 76.9 Å². The van der Waals surface area contributed by atoms with Crippen molar-refractivity contribution in [1.82, 2.24) is 35.3 Å². The quantitative estimate of drug-likeness (QED) is 0.251. The molecule has 2 aromatic rings. The van der Waals surface area contributed by atoms with Crippen LogP contribution in [0, 0.1) is 11.6 Å². The summed E-state index contributed by atoms with van der Waals surface area (Å²) in [7, 11) is 0. The fraction of sp³-hybridized carbons (Fsp3) is 0.571. The molecule has 3 fully saturated rings. The molecule has 0 bridgehead atoms. The number of aromatic nitrogens is 2. The number of esters is 1. The second-order valence-electron chi connectivity index (χ2n) is 12.9. The van der Waals surface area contributed by atoms with Gasteiger partial charge in [-0.25, -0.2) is 18.3 Å². The summed E-state index contributed by atoms with van der Waals surface area (Å²) < 4.78 is 44.8. The molecule has 0 spiro atoms. The molecule has 54 heavy (non-hydrogen) atoms. The number of carbonyl (C=O) groups is 6. The largest absolute Gasteiger partial charge is 0.527 e. The predicted octanol–water partition coefficient (Wildman–Crippen LogP) is 1.86. The van der Waals surface area contributed by atoms with Crippen LogP contribution in [0.3, 0.4) is 0 Å². The minimum absolute atomic E-state index is 0.0350. The van der Waals surface area contributed by atoms with E-state index >= 15 is 0 Å². The van der Waals surface area contributed by atoms with Crippen molar-refractivity contribution in [3.8, 4) is 11.6 Å². The van der Waals surface area contributed by atoms with Crippen LogP contribution in [0.5, 0.6) is 5.88 Å². The van der Waals surface area contributed by atoms with E-state index in [0.29, 0.717) is 19.4 Å². The van der Waals surface area contributed by atoms with Crippen LogP contribution in [0.2, 0.25) is 0 Å². The summed E-state index contributed by atoms with van der Waals surface area (Å²) >= 11 is 0. The molecule has 5 rings (SSSR count). The van der Waals surface area contributed by atoms with E-state index in [1.807, 2.05) is 0 Å². The van der Waals surface area contributed by atoms with Crippen molar-refractivity contribution in [2.24, 2.45) is 0 Å². The smallest absolute Gasteiger partial charge is 0.467 e. The Balaban J connectivity index is 1.31. The number of ether oxygens (including phenoxy) is 3. The third-order valence-electron chi connectivity index (χ3n) is 9.29. The van der Waals surface area contributed by atoms with Crippen molar-refractivity contribution in [1.29, 1.82) is 0 Å². The van der Waals surface area contributed by atoms with Gasteiger partial charge < -0.3 is 39.5 Å². The summed E-state index contributed by atoms with van der Waals surface area (Å²) in [6, 6.07) is 2.28. The first-order chi connectivity index (χ1) is 26.0. The Morgan fingerprint density at radius 1 is 0.907 bits per heavy atom. The molecule has 1 aromatic heterocycles. The Morgan fingerprint density at radius 2 is 1.65 bits per heavy atom. The highest BCUT2D eigenvalue weighted by atomic mass is 19.2. The number of halogens is 2. The molecule has 2 saturated heterocycles. The predicted molar refractivity (Wildman–Crippen MR) is 183 cm³/mol. The van der Waals surface area contributed by atoms with Gasteiger partial charge in [0.15, 0.2) is 23.9 Å². The molecule has 1 aliphatic carbocycles. The number of amides is 4. The monoisotopic (exact) mass is 761 g/mol. The molecule has 1 aromatic carbocycles. The lowest BCUT2D eigenvalue weighted by atomic mass is 9.93. The maximum absolute atomic E-state index is 14.3. The van der Waals surface area contributed by atoms with Crippen LogP contribution < -0.4 is 15.4 Å². The van der Waals surface area contributed by atoms with E-state index < -0.39 is 60.2 Å². The lowest BCUT2D eigenvalue weighted by Gasteiger charge is -2.35. The van der Waals surface area contributed by atoms with Crippen molar-refractivity contribution in [2.75, 3.05) is 52.5 Å². The van der Waals surface area contributed by atoms with Crippen LogP contribution >= 0.6 is 0 Å². The zero-order valence-corrected chi connectivity index (χ0v) is 30.2. The Labute approximate surface area is 310 Å². The number of rotatable bonds is 15. The van der Waals surface area contributed by atoms with Crippen LogP contribution in [0.4, 0.5) is 13.6 Å². The normalized spacial score (nSPS) is 18.0. The molecule has 2 atom stereocenters. The van der Waals surface area contributed by atoms with E-state index in [1.165, 1.54) is 27.0 Å². The van der Waals surface area contributed by atoms with Crippen LogP contribution in [-0.4, -0.2) is 131 Å². The van der Waals surface area contributed by atoms with E-state index in [1.54, 1.807) is 13.8 Å². The molecule has 3 aliphatic rings. The number of nitrogens with one attached hydrogen (secondary N) is 2. The molecule has 4 amide bonds. The van der Waals surface area contributed by atoms with Crippen LogP contribution in [0.1, 0.15) is 69.3 Å². The first-order valence-corrected chi connectivity index (χ1v) is 18.1. The fourth-order valence-electron chi connectivity index (χ4n) is 6.24. The average Bonchev–Trinajstić information content (AvgIpc) is 3.80. The maximum Gasteiger partial charge on any atom is 0.527 e. The van der Waals surface area contributed by atoms with E-state index in [-0.39, 0.29) is 81.4 Å². The number of hydroxylamine groups is 2. The Hall–Kier alpha value is -5.33. The van der Waals surface area contributed by atoms with Gasteiger partial charge in [-0.1, -0.05) is 0 Å². The van der Waals surface area contributed by atoms with Gasteiger partial charge in [0.1, 0.15) is 12.1 Å². The second-order valence-corrected chi connectivity index (χ2v) is 12.9. The number of benzene rings is 1. The Bertz CT molecular complexity index is 1700. The molecule has 1 saturated carbocycles. The van der Waals surface area contributed by atoms with Gasteiger partial charge >= 0.3 is 12.1 Å². The van der Waals surface area contributed by atoms with Crippen molar-refractivity contribution >= 4 is 35.8 Å². The van der Waals surface area contributed by atoms with E-state index in [4.69, 9.17) is 19.0 Å². The summed E-state index contributed by atoms with van der Waals surface area (Å²) in [6.07, 6.45) is 2.74. The van der Waals surface area contributed by atoms with Gasteiger partial charge in [-0.15, -0.1) is 5.06 Å². The van der Waals surface area contributed by atoms with E-state index in [9.17, 15) is 37.5 Å². The van der Waals surface area contributed by atoms with Gasteiger partial charge in [0.25, 0.3) is 11.8 Å². The number of hydrogen-bond acceptors (Lipinski definition) is 12. The summed E-state index contributed by atoms with van der Waals surface area (Å²) in [5.41, 5.74) is -0.338. The maximum atomic E-state index is 14.3. The minimum atomic E-state index is -1.23. The van der Waals surface area contributed by atoms with E-state index in [2.05, 4.69) is 15.7 Å². The molecule has 294 valence electrons. The lowest BCUT2D eigenvalue weighted by molar-refractivity contribution is -0.157. The molecule has 0 radical (unpaired) electrons. The first-order valence-electron chi connectivity index (χ1n) is 18.1. The summed E-state index contributed by atoms with van der Waals surface area (Å²) in [5, 5.41) is 11.2. The molecular formula is C35H45F2N7O10. The minimum Gasteiger partial charge on any atom is -0.467 e. The molecular weight excluding hydrogens is 716 g/mol. The van der Waals surface area contributed by atoms with Crippen LogP contribution in [0.25, 0.3) is 5.69 Å². The topological polar surface area (TPSA) is 191 Å². The molecule has 2 aliphatic heterocycles. The number of hydrogen-bond donors (Lipinski definition) is 2. The zero-order chi connectivity index (χ0) is 38.8. The molecule has 3 heterocycles. The van der Waals surface area contributed by atoms with Crippen molar-refractivity contribution in [3.63, 3.8) is 0 Å². The fourth-order valence-corrected chi connectivity index (χ4v) is 6.24. The summed E-state index contributed by atoms with van der Waals surface area (Å²) in [4.78, 5) is 85.5. The molecule has 0 unspecified atom stereocenters. The number of likely N-dealkylation sites (tertiary alicyclic amines) is 1. The van der Waals surface area contributed by atoms with Gasteiger partial charge in [-0.05, 0) is 64.5 Å². The lowest BCUT2D eigenvalue weighted by Crippen LogP contribution is -2.55. The second kappa shape index (κ2) is 18.6. The standard InChI is InChI=1S/C35H45F2N7O10/c1-3-51-31(46)13-12-26(34(49)41-15-17-42(18-16-41)54-35(50)52-4-2)39-32(47)27-20-30(44(40-27)23-10-11-24(36)25(37)19-23)53-21-29(45)43-14-6-9-28(43)33(48)38-22-7-5-8-22/h10-11,19-20,22,26,28H,3-9,12-18,21H2,1-2H3,(H,38,48)(H,39,47)/t26-,28-/m0/s1. The first kappa shape index (κ1) is 39.9.